The number of furan rings is 1. The third kappa shape index (κ3) is 3.52. The van der Waals surface area contributed by atoms with Gasteiger partial charge in [-0.15, -0.1) is 0 Å². The fraction of sp³-hybridized carbons (Fsp3) is 0.611. The summed E-state index contributed by atoms with van der Waals surface area (Å²) in [5.41, 5.74) is 0.395. The van der Waals surface area contributed by atoms with Gasteiger partial charge in [-0.3, -0.25) is 14.2 Å². The summed E-state index contributed by atoms with van der Waals surface area (Å²) in [4.78, 5) is 31.8. The summed E-state index contributed by atoms with van der Waals surface area (Å²) in [5, 5.41) is 0.301. The Bertz CT molecular complexity index is 774. The fourth-order valence-electron chi connectivity index (χ4n) is 2.83. The summed E-state index contributed by atoms with van der Waals surface area (Å²) >= 11 is 0. The number of aromatic nitrogens is 2. The molecule has 0 fully saturated rings. The van der Waals surface area contributed by atoms with Crippen LogP contribution in [0.3, 0.4) is 0 Å². The first-order chi connectivity index (χ1) is 11.4. The Kier molecular flexibility index (Phi) is 5.80. The number of unbranched alkanes of at least 4 members (excludes halogenated alkanes) is 1. The summed E-state index contributed by atoms with van der Waals surface area (Å²) in [6.45, 7) is 11.7. The van der Waals surface area contributed by atoms with Crippen molar-refractivity contribution in [3.63, 3.8) is 0 Å². The van der Waals surface area contributed by atoms with E-state index in [1.165, 1.54) is 6.33 Å². The van der Waals surface area contributed by atoms with Gasteiger partial charge in [-0.2, -0.15) is 0 Å². The van der Waals surface area contributed by atoms with Crippen molar-refractivity contribution < 1.29 is 9.21 Å². The molecule has 0 radical (unpaired) electrons. The summed E-state index contributed by atoms with van der Waals surface area (Å²) in [6.07, 6.45) is 3.44. The molecule has 2 heterocycles. The molecule has 2 aromatic heterocycles. The maximum atomic E-state index is 13.0. The number of aryl methyl sites for hydroxylation is 1. The predicted octanol–water partition coefficient (Wildman–Crippen LogP) is 3.22. The van der Waals surface area contributed by atoms with E-state index >= 15 is 0 Å². The van der Waals surface area contributed by atoms with E-state index in [1.54, 1.807) is 16.4 Å². The highest BCUT2D eigenvalue weighted by Gasteiger charge is 2.26. The molecule has 0 spiro atoms. The van der Waals surface area contributed by atoms with Gasteiger partial charge in [-0.1, -0.05) is 27.2 Å². The van der Waals surface area contributed by atoms with Crippen LogP contribution in [-0.2, 0) is 6.54 Å². The molecule has 24 heavy (non-hydrogen) atoms. The van der Waals surface area contributed by atoms with E-state index in [4.69, 9.17) is 4.42 Å². The lowest BCUT2D eigenvalue weighted by Crippen LogP contribution is -2.33. The Labute approximate surface area is 142 Å². The minimum Gasteiger partial charge on any atom is -0.442 e. The van der Waals surface area contributed by atoms with Crippen molar-refractivity contribution in [1.29, 1.82) is 0 Å². The molecule has 0 aliphatic rings. The second kappa shape index (κ2) is 7.64. The second-order valence-electron chi connectivity index (χ2n) is 6.55. The summed E-state index contributed by atoms with van der Waals surface area (Å²) in [7, 11) is 0. The Hall–Kier alpha value is -2.11. The van der Waals surface area contributed by atoms with Gasteiger partial charge in [0.2, 0.25) is 5.71 Å². The van der Waals surface area contributed by atoms with Crippen molar-refractivity contribution in [2.75, 3.05) is 13.1 Å². The zero-order chi connectivity index (χ0) is 17.9. The van der Waals surface area contributed by atoms with Gasteiger partial charge in [0.15, 0.2) is 0 Å². The zero-order valence-corrected chi connectivity index (χ0v) is 15.3. The molecule has 6 heteroatoms. The predicted molar refractivity (Wildman–Crippen MR) is 94.3 cm³/mol. The molecular formula is C18H27N3O3. The highest BCUT2D eigenvalue weighted by Crippen LogP contribution is 2.23. The monoisotopic (exact) mass is 333 g/mol. The first kappa shape index (κ1) is 18.2. The van der Waals surface area contributed by atoms with Crippen molar-refractivity contribution in [3.8, 4) is 0 Å². The Morgan fingerprint density at radius 2 is 2.08 bits per heavy atom. The molecule has 0 N–H and O–H groups in total. The van der Waals surface area contributed by atoms with Crippen molar-refractivity contribution in [2.45, 2.75) is 54.0 Å². The van der Waals surface area contributed by atoms with Crippen LogP contribution in [-0.4, -0.2) is 33.4 Å². The molecule has 132 valence electrons. The molecule has 1 amide bonds. The van der Waals surface area contributed by atoms with Gasteiger partial charge < -0.3 is 9.32 Å². The summed E-state index contributed by atoms with van der Waals surface area (Å²) in [5.74, 6) is 0.617. The average Bonchev–Trinajstić information content (AvgIpc) is 2.87. The standard InChI is InChI=1S/C18H27N3O3/c1-6-8-9-20(7-2)17(22)14-13(5)24-16-15(14)18(23)21(11-19-16)10-12(3)4/h11-12H,6-10H2,1-5H3. The maximum absolute atomic E-state index is 13.0. The topological polar surface area (TPSA) is 68.3 Å². The lowest BCUT2D eigenvalue weighted by Gasteiger charge is -2.20. The minimum absolute atomic E-state index is 0.150. The van der Waals surface area contributed by atoms with Gasteiger partial charge in [0.25, 0.3) is 11.5 Å². The van der Waals surface area contributed by atoms with Crippen LogP contribution in [0, 0.1) is 12.8 Å². The quantitative estimate of drug-likeness (QED) is 0.780. The highest BCUT2D eigenvalue weighted by atomic mass is 16.3. The third-order valence-corrected chi connectivity index (χ3v) is 4.08. The SMILES string of the molecule is CCCCN(CC)C(=O)c1c(C)oc2ncn(CC(C)C)c(=O)c12. The summed E-state index contributed by atoms with van der Waals surface area (Å²) < 4.78 is 7.14. The van der Waals surface area contributed by atoms with Crippen LogP contribution in [0.5, 0.6) is 0 Å². The number of hydrogen-bond acceptors (Lipinski definition) is 4. The molecule has 0 aliphatic heterocycles. The van der Waals surface area contributed by atoms with Crippen molar-refractivity contribution in [1.82, 2.24) is 14.5 Å². The van der Waals surface area contributed by atoms with Crippen LogP contribution in [0.15, 0.2) is 15.5 Å². The van der Waals surface area contributed by atoms with E-state index in [0.29, 0.717) is 42.3 Å². The van der Waals surface area contributed by atoms with E-state index in [1.807, 2.05) is 20.8 Å². The highest BCUT2D eigenvalue weighted by molar-refractivity contribution is 6.06. The maximum Gasteiger partial charge on any atom is 0.265 e. The number of nitrogens with zero attached hydrogens (tertiary/aromatic N) is 3. The summed E-state index contributed by atoms with van der Waals surface area (Å²) in [6, 6.07) is 0. The largest absolute Gasteiger partial charge is 0.442 e. The Balaban J connectivity index is 2.54. The molecule has 0 atom stereocenters. The van der Waals surface area contributed by atoms with E-state index in [2.05, 4.69) is 11.9 Å². The zero-order valence-electron chi connectivity index (χ0n) is 15.3. The van der Waals surface area contributed by atoms with Crippen LogP contribution in [0.4, 0.5) is 0 Å². The number of rotatable bonds is 7. The minimum atomic E-state index is -0.208. The Morgan fingerprint density at radius 1 is 1.38 bits per heavy atom. The number of fused-ring (bicyclic) bond motifs is 1. The average molecular weight is 333 g/mol. The second-order valence-corrected chi connectivity index (χ2v) is 6.55. The molecule has 6 nitrogen and oxygen atoms in total. The van der Waals surface area contributed by atoms with E-state index < -0.39 is 0 Å². The van der Waals surface area contributed by atoms with E-state index in [-0.39, 0.29) is 17.2 Å². The molecule has 0 aromatic carbocycles. The van der Waals surface area contributed by atoms with Crippen LogP contribution in [0.1, 0.15) is 56.7 Å². The normalized spacial score (nSPS) is 11.4. The smallest absolute Gasteiger partial charge is 0.265 e. The van der Waals surface area contributed by atoms with Gasteiger partial charge in [-0.25, -0.2) is 4.98 Å². The van der Waals surface area contributed by atoms with Crippen molar-refractivity contribution in [2.24, 2.45) is 5.92 Å². The molecule has 0 bridgehead atoms. The first-order valence-electron chi connectivity index (χ1n) is 8.68. The molecule has 2 aromatic rings. The van der Waals surface area contributed by atoms with E-state index in [0.717, 1.165) is 12.8 Å². The molecular weight excluding hydrogens is 306 g/mol. The number of amides is 1. The fourth-order valence-corrected chi connectivity index (χ4v) is 2.83. The lowest BCUT2D eigenvalue weighted by molar-refractivity contribution is 0.0762. The van der Waals surface area contributed by atoms with Gasteiger partial charge in [0.1, 0.15) is 17.5 Å². The molecule has 0 unspecified atom stereocenters. The van der Waals surface area contributed by atoms with Crippen LogP contribution < -0.4 is 5.56 Å². The first-order valence-corrected chi connectivity index (χ1v) is 8.68. The van der Waals surface area contributed by atoms with Gasteiger partial charge in [0, 0.05) is 19.6 Å². The Morgan fingerprint density at radius 3 is 2.67 bits per heavy atom. The van der Waals surface area contributed by atoms with Crippen LogP contribution in [0.2, 0.25) is 0 Å². The van der Waals surface area contributed by atoms with Gasteiger partial charge in [0.05, 0.1) is 5.56 Å². The lowest BCUT2D eigenvalue weighted by atomic mass is 10.1. The van der Waals surface area contributed by atoms with Crippen LogP contribution >= 0.6 is 0 Å². The molecule has 2 rings (SSSR count). The van der Waals surface area contributed by atoms with E-state index in [9.17, 15) is 9.59 Å². The van der Waals surface area contributed by atoms with Crippen molar-refractivity contribution >= 4 is 17.0 Å². The van der Waals surface area contributed by atoms with Gasteiger partial charge in [-0.05, 0) is 26.2 Å². The number of carbonyl (C=O) groups excluding carboxylic acids is 1. The van der Waals surface area contributed by atoms with Crippen molar-refractivity contribution in [3.05, 3.63) is 28.0 Å². The molecule has 0 aliphatic carbocycles. The van der Waals surface area contributed by atoms with Crippen LogP contribution in [0.25, 0.3) is 11.1 Å². The molecule has 0 saturated carbocycles. The van der Waals surface area contributed by atoms with Gasteiger partial charge >= 0.3 is 0 Å². The number of hydrogen-bond donors (Lipinski definition) is 0. The third-order valence-electron chi connectivity index (χ3n) is 4.08. The molecule has 0 saturated heterocycles. The number of carbonyl (C=O) groups is 1.